The van der Waals surface area contributed by atoms with Gasteiger partial charge >= 0.3 is 0 Å². The summed E-state index contributed by atoms with van der Waals surface area (Å²) in [4.78, 5) is 11.7. The molecule has 0 unspecified atom stereocenters. The van der Waals surface area contributed by atoms with Gasteiger partial charge in [-0.2, -0.15) is 0 Å². The fourth-order valence-electron chi connectivity index (χ4n) is 2.29. The van der Waals surface area contributed by atoms with Crippen LogP contribution in [0.3, 0.4) is 0 Å². The molecule has 0 aliphatic heterocycles. The minimum atomic E-state index is 0.0957. The first-order chi connectivity index (χ1) is 8.24. The molecule has 0 atom stereocenters. The molecule has 17 heavy (non-hydrogen) atoms. The molecular formula is C14H20N2O. The molecule has 2 rings (SSSR count). The number of aryl methyl sites for hydroxylation is 1. The lowest BCUT2D eigenvalue weighted by Gasteiger charge is -2.13. The third-order valence-corrected chi connectivity index (χ3v) is 3.19. The smallest absolute Gasteiger partial charge is 0.239 e. The lowest BCUT2D eigenvalue weighted by atomic mass is 10.2. The SMILES string of the molecule is Cc1cccc(NCC(=O)NC2CCCC2)c1. The Kier molecular flexibility index (Phi) is 4.02. The average molecular weight is 232 g/mol. The number of rotatable bonds is 4. The Morgan fingerprint density at radius 3 is 2.82 bits per heavy atom. The van der Waals surface area contributed by atoms with Crippen molar-refractivity contribution in [2.24, 2.45) is 0 Å². The number of carbonyl (C=O) groups excluding carboxylic acids is 1. The Labute approximate surface area is 103 Å². The second-order valence-corrected chi connectivity index (χ2v) is 4.77. The van der Waals surface area contributed by atoms with Gasteiger partial charge in [0.1, 0.15) is 0 Å². The number of hydrogen-bond donors (Lipinski definition) is 2. The molecule has 0 saturated heterocycles. The van der Waals surface area contributed by atoms with Gasteiger partial charge in [0.05, 0.1) is 6.54 Å². The molecule has 2 N–H and O–H groups in total. The number of hydrogen-bond acceptors (Lipinski definition) is 2. The first kappa shape index (κ1) is 12.0. The molecule has 3 nitrogen and oxygen atoms in total. The van der Waals surface area contributed by atoms with E-state index in [2.05, 4.69) is 10.6 Å². The van der Waals surface area contributed by atoms with E-state index in [1.165, 1.54) is 18.4 Å². The quantitative estimate of drug-likeness (QED) is 0.837. The predicted molar refractivity (Wildman–Crippen MR) is 70.1 cm³/mol. The zero-order valence-electron chi connectivity index (χ0n) is 10.3. The van der Waals surface area contributed by atoms with E-state index in [9.17, 15) is 4.79 Å². The van der Waals surface area contributed by atoms with E-state index in [4.69, 9.17) is 0 Å². The number of anilines is 1. The van der Waals surface area contributed by atoms with Crippen molar-refractivity contribution >= 4 is 11.6 Å². The first-order valence-corrected chi connectivity index (χ1v) is 6.34. The molecule has 1 aromatic carbocycles. The number of amides is 1. The highest BCUT2D eigenvalue weighted by Gasteiger charge is 2.16. The molecule has 92 valence electrons. The van der Waals surface area contributed by atoms with E-state index in [0.29, 0.717) is 12.6 Å². The van der Waals surface area contributed by atoms with E-state index in [1.807, 2.05) is 31.2 Å². The molecule has 0 heterocycles. The largest absolute Gasteiger partial charge is 0.376 e. The average Bonchev–Trinajstić information content (AvgIpc) is 2.79. The van der Waals surface area contributed by atoms with Gasteiger partial charge in [-0.1, -0.05) is 25.0 Å². The second-order valence-electron chi connectivity index (χ2n) is 4.77. The molecule has 1 aliphatic carbocycles. The molecule has 0 spiro atoms. The lowest BCUT2D eigenvalue weighted by molar-refractivity contribution is -0.120. The molecule has 3 heteroatoms. The summed E-state index contributed by atoms with van der Waals surface area (Å²) < 4.78 is 0. The monoisotopic (exact) mass is 232 g/mol. The van der Waals surface area contributed by atoms with Crippen LogP contribution < -0.4 is 10.6 Å². The Morgan fingerprint density at radius 1 is 1.35 bits per heavy atom. The summed E-state index contributed by atoms with van der Waals surface area (Å²) in [6.45, 7) is 2.41. The molecule has 0 bridgehead atoms. The Bertz CT molecular complexity index is 384. The molecule has 1 amide bonds. The maximum atomic E-state index is 11.7. The second kappa shape index (κ2) is 5.71. The number of nitrogens with one attached hydrogen (secondary N) is 2. The highest BCUT2D eigenvalue weighted by Crippen LogP contribution is 2.17. The van der Waals surface area contributed by atoms with Crippen molar-refractivity contribution in [3.8, 4) is 0 Å². The summed E-state index contributed by atoms with van der Waals surface area (Å²) in [5.41, 5.74) is 2.21. The Hall–Kier alpha value is -1.51. The third-order valence-electron chi connectivity index (χ3n) is 3.19. The van der Waals surface area contributed by atoms with Crippen molar-refractivity contribution in [2.75, 3.05) is 11.9 Å². The van der Waals surface area contributed by atoms with Crippen molar-refractivity contribution in [2.45, 2.75) is 38.6 Å². The van der Waals surface area contributed by atoms with E-state index < -0.39 is 0 Å². The van der Waals surface area contributed by atoms with E-state index >= 15 is 0 Å². The lowest BCUT2D eigenvalue weighted by Crippen LogP contribution is -2.36. The van der Waals surface area contributed by atoms with Crippen molar-refractivity contribution in [3.05, 3.63) is 29.8 Å². The normalized spacial score (nSPS) is 15.8. The van der Waals surface area contributed by atoms with Gasteiger partial charge in [-0.3, -0.25) is 4.79 Å². The highest BCUT2D eigenvalue weighted by molar-refractivity contribution is 5.81. The molecular weight excluding hydrogens is 212 g/mol. The maximum Gasteiger partial charge on any atom is 0.239 e. The molecule has 1 aliphatic rings. The van der Waals surface area contributed by atoms with Crippen molar-refractivity contribution in [1.29, 1.82) is 0 Å². The van der Waals surface area contributed by atoms with Crippen LogP contribution in [-0.2, 0) is 4.79 Å². The molecule has 1 saturated carbocycles. The summed E-state index contributed by atoms with van der Waals surface area (Å²) >= 11 is 0. The van der Waals surface area contributed by atoms with Crippen LogP contribution in [0.5, 0.6) is 0 Å². The minimum absolute atomic E-state index is 0.0957. The van der Waals surface area contributed by atoms with Crippen LogP contribution in [0.25, 0.3) is 0 Å². The summed E-state index contributed by atoms with van der Waals surface area (Å²) in [5.74, 6) is 0.0957. The van der Waals surface area contributed by atoms with Gasteiger partial charge in [-0.25, -0.2) is 0 Å². The van der Waals surface area contributed by atoms with Crippen LogP contribution in [0.2, 0.25) is 0 Å². The van der Waals surface area contributed by atoms with Crippen molar-refractivity contribution in [3.63, 3.8) is 0 Å². The Balaban J connectivity index is 1.75. The predicted octanol–water partition coefficient (Wildman–Crippen LogP) is 2.47. The number of carbonyl (C=O) groups is 1. The zero-order valence-corrected chi connectivity index (χ0v) is 10.3. The summed E-state index contributed by atoms with van der Waals surface area (Å²) in [6.07, 6.45) is 4.76. The van der Waals surface area contributed by atoms with Gasteiger partial charge in [-0.15, -0.1) is 0 Å². The summed E-state index contributed by atoms with van der Waals surface area (Å²) in [5, 5.41) is 6.21. The minimum Gasteiger partial charge on any atom is -0.376 e. The first-order valence-electron chi connectivity index (χ1n) is 6.34. The molecule has 1 aromatic rings. The van der Waals surface area contributed by atoms with Crippen LogP contribution in [0.1, 0.15) is 31.2 Å². The molecule has 0 radical (unpaired) electrons. The summed E-state index contributed by atoms with van der Waals surface area (Å²) in [7, 11) is 0. The van der Waals surface area contributed by atoms with Crippen LogP contribution in [-0.4, -0.2) is 18.5 Å². The van der Waals surface area contributed by atoms with Crippen molar-refractivity contribution < 1.29 is 4.79 Å². The summed E-state index contributed by atoms with van der Waals surface area (Å²) in [6, 6.07) is 8.47. The Morgan fingerprint density at radius 2 is 2.12 bits per heavy atom. The topological polar surface area (TPSA) is 41.1 Å². The molecule has 0 aromatic heterocycles. The van der Waals surface area contributed by atoms with Gasteiger partial charge in [0.25, 0.3) is 0 Å². The van der Waals surface area contributed by atoms with Crippen LogP contribution in [0.4, 0.5) is 5.69 Å². The van der Waals surface area contributed by atoms with Crippen LogP contribution in [0.15, 0.2) is 24.3 Å². The van der Waals surface area contributed by atoms with E-state index in [-0.39, 0.29) is 5.91 Å². The van der Waals surface area contributed by atoms with Crippen LogP contribution >= 0.6 is 0 Å². The van der Waals surface area contributed by atoms with Crippen molar-refractivity contribution in [1.82, 2.24) is 5.32 Å². The van der Waals surface area contributed by atoms with Gasteiger partial charge in [0.2, 0.25) is 5.91 Å². The van der Waals surface area contributed by atoms with Gasteiger partial charge in [0.15, 0.2) is 0 Å². The fourth-order valence-corrected chi connectivity index (χ4v) is 2.29. The number of benzene rings is 1. The van der Waals surface area contributed by atoms with Crippen LogP contribution in [0, 0.1) is 6.92 Å². The zero-order chi connectivity index (χ0) is 12.1. The van der Waals surface area contributed by atoms with Gasteiger partial charge in [0, 0.05) is 11.7 Å². The standard InChI is InChI=1S/C14H20N2O/c1-11-5-4-8-13(9-11)15-10-14(17)16-12-6-2-3-7-12/h4-5,8-9,12,15H,2-3,6-7,10H2,1H3,(H,16,17). The third kappa shape index (κ3) is 3.77. The maximum absolute atomic E-state index is 11.7. The van der Waals surface area contributed by atoms with E-state index in [1.54, 1.807) is 0 Å². The van der Waals surface area contributed by atoms with E-state index in [0.717, 1.165) is 18.5 Å². The fraction of sp³-hybridized carbons (Fsp3) is 0.500. The molecule has 1 fully saturated rings. The van der Waals surface area contributed by atoms with Gasteiger partial charge in [-0.05, 0) is 37.5 Å². The highest BCUT2D eigenvalue weighted by atomic mass is 16.1. The van der Waals surface area contributed by atoms with Gasteiger partial charge < -0.3 is 10.6 Å².